The summed E-state index contributed by atoms with van der Waals surface area (Å²) >= 11 is 0.389. The van der Waals surface area contributed by atoms with Crippen molar-refractivity contribution < 1.29 is 27.7 Å². The first-order valence-corrected chi connectivity index (χ1v) is 34.0. The summed E-state index contributed by atoms with van der Waals surface area (Å²) in [6.45, 7) is 26.2. The quantitative estimate of drug-likeness (QED) is 0.0693. The Morgan fingerprint density at radius 2 is 0.659 bits per heavy atom. The van der Waals surface area contributed by atoms with Crippen LogP contribution in [0.5, 0.6) is 0 Å². The molecule has 14 heteroatoms. The van der Waals surface area contributed by atoms with Gasteiger partial charge in [-0.1, -0.05) is 233 Å². The van der Waals surface area contributed by atoms with Crippen LogP contribution in [0.4, 0.5) is 22.7 Å². The van der Waals surface area contributed by atoms with Gasteiger partial charge in [-0.2, -0.15) is 10.2 Å². The second kappa shape index (κ2) is 32.9. The predicted octanol–water partition coefficient (Wildman–Crippen LogP) is 22.2. The second-order valence-corrected chi connectivity index (χ2v) is 25.2. The number of benzene rings is 8. The number of halogens is 4. The van der Waals surface area contributed by atoms with Crippen LogP contribution in [0.1, 0.15) is 155 Å². The first-order chi connectivity index (χ1) is 40.5. The number of hydrogen-bond donors (Lipinski definition) is 0. The molecule has 8 aromatic carbocycles. The third-order valence-electron chi connectivity index (χ3n) is 14.3. The summed E-state index contributed by atoms with van der Waals surface area (Å²) in [6, 6.07) is 62.8. The van der Waals surface area contributed by atoms with Crippen molar-refractivity contribution in [2.24, 2.45) is 20.0 Å². The molecule has 10 rings (SSSR count). The second-order valence-electron chi connectivity index (χ2n) is 21.5. The van der Waals surface area contributed by atoms with Crippen LogP contribution in [0.2, 0.25) is 0 Å². The normalized spacial score (nSPS) is 11.9. The Labute approximate surface area is 535 Å². The molecule has 0 saturated carbocycles. The molecule has 0 unspecified atom stereocenters. The molecule has 0 saturated heterocycles. The van der Waals surface area contributed by atoms with Crippen molar-refractivity contribution in [2.45, 2.75) is 114 Å². The van der Waals surface area contributed by atoms with Crippen LogP contribution in [0, 0.1) is 27.7 Å². The number of aromatic nitrogens is 4. The van der Waals surface area contributed by atoms with E-state index in [2.05, 4.69) is 217 Å². The van der Waals surface area contributed by atoms with E-state index in [0.717, 1.165) is 101 Å². The number of para-hydroxylation sites is 6. The van der Waals surface area contributed by atoms with Crippen molar-refractivity contribution in [1.29, 1.82) is 0 Å². The van der Waals surface area contributed by atoms with Gasteiger partial charge in [0.1, 0.15) is 11.4 Å². The van der Waals surface area contributed by atoms with E-state index in [0.29, 0.717) is 23.7 Å². The van der Waals surface area contributed by atoms with Gasteiger partial charge >= 0.3 is 66.7 Å². The maximum atomic E-state index is 5.23. The van der Waals surface area contributed by atoms with Gasteiger partial charge in [0.2, 0.25) is 0 Å². The van der Waals surface area contributed by atoms with E-state index in [4.69, 9.17) is 70.6 Å². The van der Waals surface area contributed by atoms with Gasteiger partial charge in [0, 0.05) is 23.3 Å². The summed E-state index contributed by atoms with van der Waals surface area (Å²) in [5, 5.41) is 12.3. The fourth-order valence-electron chi connectivity index (χ4n) is 10.1. The zero-order valence-electron chi connectivity index (χ0n) is 49.6. The standard InChI is InChI=1S/2C35H36N4.CH4.4ClH.2Fe.H2/c2*1-23(2)28-19-13-20-29(24(3)4)34(28)36-22-31-30-18-10-11-21-32(30)39(38-31)35(27-16-8-7-9-17-27)37-33-25(5)14-12-15-26(33)6;;;;;;;;/h2*7-24H,1-6H3;1H4;4*1H;;;1H/q;;;;;;;2*+2;/p-4/i;;;;;;;;;1+1. The van der Waals surface area contributed by atoms with E-state index in [-0.39, 0.29) is 35.1 Å². The van der Waals surface area contributed by atoms with E-state index in [1.54, 1.807) is 0 Å². The van der Waals surface area contributed by atoms with Crippen molar-refractivity contribution in [3.63, 3.8) is 0 Å². The predicted molar refractivity (Wildman–Crippen MR) is 363 cm³/mol. The van der Waals surface area contributed by atoms with Gasteiger partial charge < -0.3 is 0 Å². The van der Waals surface area contributed by atoms with Crippen LogP contribution in [-0.2, 0) is 26.3 Å². The maximum absolute atomic E-state index is 5.23. The Bertz CT molecular complexity index is 3580. The summed E-state index contributed by atoms with van der Waals surface area (Å²) in [6.07, 6.45) is 3.85. The van der Waals surface area contributed by atoms with E-state index < -0.39 is 0 Å². The number of hydrogen-bond acceptors (Lipinski definition) is 6. The van der Waals surface area contributed by atoms with Crippen LogP contribution in [0.25, 0.3) is 21.8 Å². The molecular formula is C71H78Cl4Fe2N8. The third kappa shape index (κ3) is 17.0. The van der Waals surface area contributed by atoms with Crippen LogP contribution >= 0.6 is 40.4 Å². The Kier molecular flexibility index (Phi) is 26.2. The summed E-state index contributed by atoms with van der Waals surface area (Å²) in [5.74, 6) is 3.07. The van der Waals surface area contributed by atoms with Gasteiger partial charge in [0.05, 0.1) is 46.2 Å². The fourth-order valence-corrected chi connectivity index (χ4v) is 10.1. The zero-order chi connectivity index (χ0) is 60.5. The molecule has 2 aromatic heterocycles. The van der Waals surface area contributed by atoms with Crippen LogP contribution in [-0.4, -0.2) is 43.7 Å². The molecule has 0 atom stereocenters. The van der Waals surface area contributed by atoms with Gasteiger partial charge in [-0.3, -0.25) is 9.98 Å². The molecule has 446 valence electrons. The fraction of sp³-hybridized carbons (Fsp3) is 0.239. The number of rotatable bonds is 12. The summed E-state index contributed by atoms with van der Waals surface area (Å²) in [7, 11) is 19.1. The third-order valence-corrected chi connectivity index (χ3v) is 14.3. The number of fused-ring (bicyclic) bond motifs is 2. The number of nitrogens with zero attached hydrogens (tertiary/aromatic N) is 8. The van der Waals surface area contributed by atoms with Crippen molar-refractivity contribution in [1.82, 2.24) is 19.6 Å². The average Bonchev–Trinajstić information content (AvgIpc) is 1.99. The molecule has 0 aliphatic heterocycles. The number of aliphatic imine (C=N–C) groups is 4. The van der Waals surface area contributed by atoms with Gasteiger partial charge in [-0.25, -0.2) is 19.3 Å². The Balaban J connectivity index is 0.000000282. The van der Waals surface area contributed by atoms with Gasteiger partial charge in [-0.05, 0) is 108 Å². The summed E-state index contributed by atoms with van der Waals surface area (Å²) < 4.78 is 3.94. The van der Waals surface area contributed by atoms with E-state index in [1.807, 2.05) is 70.3 Å². The molecule has 0 aliphatic rings. The van der Waals surface area contributed by atoms with E-state index in [9.17, 15) is 0 Å². The van der Waals surface area contributed by atoms with Gasteiger partial charge in [-0.15, -0.1) is 0 Å². The Morgan fingerprint density at radius 3 is 0.953 bits per heavy atom. The first kappa shape index (κ1) is 67.7. The van der Waals surface area contributed by atoms with Crippen molar-refractivity contribution in [3.8, 4) is 0 Å². The SMILES string of the molecule is C.Cc1cccc(C)c1N=C(c1ccccc1)n1nc(C=Nc2c(C(C)C)cccc2C(C)C)c2ccccc21.Cc1cccc(C)c1N=C(c1ccccc1)n1nc(C=Nc2c(C(C)C)cccc2C(C)C)c2ccccc21.[2HH].[Cl][Fe][Cl].[Cl][Fe][Cl]. The van der Waals surface area contributed by atoms with Crippen LogP contribution in [0.15, 0.2) is 202 Å². The molecule has 0 aliphatic carbocycles. The van der Waals surface area contributed by atoms with Crippen LogP contribution in [0.3, 0.4) is 0 Å². The molecule has 0 spiro atoms. The Morgan fingerprint density at radius 1 is 0.388 bits per heavy atom. The molecule has 0 bridgehead atoms. The van der Waals surface area contributed by atoms with Gasteiger partial charge in [0.15, 0.2) is 11.7 Å². The van der Waals surface area contributed by atoms with Crippen LogP contribution < -0.4 is 0 Å². The Hall–Kier alpha value is -6.42. The minimum absolute atomic E-state index is 0. The van der Waals surface area contributed by atoms with Crippen molar-refractivity contribution >= 4 is 109 Å². The molecule has 2 heterocycles. The average molecular weight is 1300 g/mol. The molecule has 10 aromatic rings. The topological polar surface area (TPSA) is 85.1 Å². The zero-order valence-corrected chi connectivity index (χ0v) is 54.8. The van der Waals surface area contributed by atoms with Crippen molar-refractivity contribution in [2.75, 3.05) is 0 Å². The molecule has 0 fully saturated rings. The minimum atomic E-state index is 0. The van der Waals surface area contributed by atoms with E-state index >= 15 is 0 Å². The van der Waals surface area contributed by atoms with Crippen molar-refractivity contribution in [3.05, 3.63) is 249 Å². The molecule has 0 amide bonds. The first-order valence-electron chi connectivity index (χ1n) is 27.9. The van der Waals surface area contributed by atoms with E-state index in [1.165, 1.54) is 22.3 Å². The summed E-state index contributed by atoms with van der Waals surface area (Å²) in [4.78, 5) is 20.6. The van der Waals surface area contributed by atoms with Gasteiger partial charge in [0.25, 0.3) is 0 Å². The molecular weight excluding hydrogens is 1220 g/mol. The molecule has 8 nitrogen and oxygen atoms in total. The number of aryl methyl sites for hydroxylation is 4. The molecule has 0 N–H and O–H groups in total. The monoisotopic (exact) mass is 1300 g/mol. The molecule has 85 heavy (non-hydrogen) atoms. The summed E-state index contributed by atoms with van der Waals surface area (Å²) in [5.41, 5.74) is 19.2. The molecule has 0 radical (unpaired) electrons.